The quantitative estimate of drug-likeness (QED) is 0.861. The molecule has 2 unspecified atom stereocenters. The average Bonchev–Trinajstić information content (AvgIpc) is 2.33. The maximum atomic E-state index is 13.6. The first-order valence-corrected chi connectivity index (χ1v) is 6.44. The fourth-order valence-corrected chi connectivity index (χ4v) is 2.36. The van der Waals surface area contributed by atoms with Crippen LogP contribution in [0.2, 0.25) is 0 Å². The predicted molar refractivity (Wildman–Crippen MR) is 69.0 cm³/mol. The third-order valence-electron chi connectivity index (χ3n) is 3.40. The molecule has 1 amide bonds. The van der Waals surface area contributed by atoms with E-state index in [1.54, 1.807) is 0 Å². The molecule has 1 aromatic carbocycles. The van der Waals surface area contributed by atoms with E-state index in [1.807, 2.05) is 0 Å². The molecule has 0 saturated carbocycles. The van der Waals surface area contributed by atoms with Gasteiger partial charge in [0.25, 0.3) is 5.91 Å². The molecule has 3 nitrogen and oxygen atoms in total. The molecule has 2 atom stereocenters. The smallest absolute Gasteiger partial charge is 0.254 e. The highest BCUT2D eigenvalue weighted by atomic mass is 19.1. The van der Waals surface area contributed by atoms with E-state index in [0.717, 1.165) is 19.0 Å². The van der Waals surface area contributed by atoms with Crippen molar-refractivity contribution in [2.24, 2.45) is 5.92 Å². The largest absolute Gasteiger partial charge is 0.348 e. The van der Waals surface area contributed by atoms with Crippen LogP contribution in [-0.4, -0.2) is 25.0 Å². The van der Waals surface area contributed by atoms with E-state index in [2.05, 4.69) is 17.6 Å². The first kappa shape index (κ1) is 13.9. The van der Waals surface area contributed by atoms with Crippen LogP contribution < -0.4 is 10.6 Å². The number of amides is 1. The minimum Gasteiger partial charge on any atom is -0.348 e. The number of halogens is 2. The molecular weight excluding hydrogens is 250 g/mol. The lowest BCUT2D eigenvalue weighted by atomic mass is 9.97. The van der Waals surface area contributed by atoms with Crippen LogP contribution in [0.5, 0.6) is 0 Å². The SMILES string of the molecule is Cc1cc(C(=O)NC2CNCC(C)C2)c(F)cc1F. The number of carbonyl (C=O) groups excluding carboxylic acids is 1. The molecule has 1 fully saturated rings. The van der Waals surface area contributed by atoms with Crippen molar-refractivity contribution >= 4 is 5.91 Å². The first-order chi connectivity index (χ1) is 8.97. The number of carbonyl (C=O) groups is 1. The van der Waals surface area contributed by atoms with Crippen LogP contribution in [0.3, 0.4) is 0 Å². The van der Waals surface area contributed by atoms with Gasteiger partial charge < -0.3 is 10.6 Å². The maximum Gasteiger partial charge on any atom is 0.254 e. The lowest BCUT2D eigenvalue weighted by Gasteiger charge is -2.28. The Bertz CT molecular complexity index is 491. The van der Waals surface area contributed by atoms with Crippen molar-refractivity contribution in [3.05, 3.63) is 34.9 Å². The van der Waals surface area contributed by atoms with E-state index in [9.17, 15) is 13.6 Å². The molecular formula is C14H18F2N2O. The maximum absolute atomic E-state index is 13.6. The number of aryl methyl sites for hydroxylation is 1. The Labute approximate surface area is 111 Å². The summed E-state index contributed by atoms with van der Waals surface area (Å²) in [6.45, 7) is 5.21. The molecule has 0 radical (unpaired) electrons. The molecule has 1 aliphatic rings. The van der Waals surface area contributed by atoms with Gasteiger partial charge in [-0.1, -0.05) is 6.92 Å². The van der Waals surface area contributed by atoms with E-state index in [-0.39, 0.29) is 17.2 Å². The van der Waals surface area contributed by atoms with Crippen LogP contribution in [-0.2, 0) is 0 Å². The highest BCUT2D eigenvalue weighted by molar-refractivity contribution is 5.94. The zero-order chi connectivity index (χ0) is 14.0. The van der Waals surface area contributed by atoms with Crippen LogP contribution in [0, 0.1) is 24.5 Å². The van der Waals surface area contributed by atoms with Crippen molar-refractivity contribution in [3.63, 3.8) is 0 Å². The monoisotopic (exact) mass is 268 g/mol. The summed E-state index contributed by atoms with van der Waals surface area (Å²) >= 11 is 0. The Morgan fingerprint density at radius 3 is 2.74 bits per heavy atom. The molecule has 19 heavy (non-hydrogen) atoms. The van der Waals surface area contributed by atoms with Gasteiger partial charge in [-0.05, 0) is 37.4 Å². The van der Waals surface area contributed by atoms with Gasteiger partial charge in [0.1, 0.15) is 11.6 Å². The molecule has 1 aliphatic heterocycles. The van der Waals surface area contributed by atoms with Crippen molar-refractivity contribution in [1.82, 2.24) is 10.6 Å². The first-order valence-electron chi connectivity index (χ1n) is 6.44. The zero-order valence-corrected chi connectivity index (χ0v) is 11.1. The molecule has 1 saturated heterocycles. The van der Waals surface area contributed by atoms with E-state index in [0.29, 0.717) is 12.5 Å². The summed E-state index contributed by atoms with van der Waals surface area (Å²) in [6, 6.07) is 1.99. The van der Waals surface area contributed by atoms with Gasteiger partial charge in [-0.3, -0.25) is 4.79 Å². The predicted octanol–water partition coefficient (Wildman–Crippen LogP) is 2.00. The summed E-state index contributed by atoms with van der Waals surface area (Å²) in [6.07, 6.45) is 0.862. The molecule has 104 valence electrons. The Morgan fingerprint density at radius 1 is 1.32 bits per heavy atom. The van der Waals surface area contributed by atoms with Gasteiger partial charge in [0.05, 0.1) is 5.56 Å². The number of piperidine rings is 1. The molecule has 0 bridgehead atoms. The van der Waals surface area contributed by atoms with Gasteiger partial charge >= 0.3 is 0 Å². The normalized spacial score (nSPS) is 23.2. The number of nitrogens with one attached hydrogen (secondary N) is 2. The fourth-order valence-electron chi connectivity index (χ4n) is 2.36. The topological polar surface area (TPSA) is 41.1 Å². The lowest BCUT2D eigenvalue weighted by Crippen LogP contribution is -2.48. The van der Waals surface area contributed by atoms with Crippen molar-refractivity contribution in [3.8, 4) is 0 Å². The molecule has 5 heteroatoms. The van der Waals surface area contributed by atoms with Crippen molar-refractivity contribution in [1.29, 1.82) is 0 Å². The number of rotatable bonds is 2. The zero-order valence-electron chi connectivity index (χ0n) is 11.1. The van der Waals surface area contributed by atoms with Crippen LogP contribution in [0.25, 0.3) is 0 Å². The minimum atomic E-state index is -0.822. The third kappa shape index (κ3) is 3.29. The molecule has 1 aromatic rings. The fraction of sp³-hybridized carbons (Fsp3) is 0.500. The Hall–Kier alpha value is -1.49. The second-order valence-corrected chi connectivity index (χ2v) is 5.25. The molecule has 0 aliphatic carbocycles. The van der Waals surface area contributed by atoms with Gasteiger partial charge in [-0.2, -0.15) is 0 Å². The molecule has 0 aromatic heterocycles. The molecule has 2 rings (SSSR count). The Morgan fingerprint density at radius 2 is 2.05 bits per heavy atom. The Balaban J connectivity index is 2.09. The second-order valence-electron chi connectivity index (χ2n) is 5.25. The molecule has 0 spiro atoms. The lowest BCUT2D eigenvalue weighted by molar-refractivity contribution is 0.0921. The average molecular weight is 268 g/mol. The number of hydrogen-bond acceptors (Lipinski definition) is 2. The minimum absolute atomic E-state index is 0.0130. The standard InChI is InChI=1S/C14H18F2N2O/c1-8-3-10(7-17-6-8)18-14(19)11-4-9(2)12(15)5-13(11)16/h4-5,8,10,17H,3,6-7H2,1-2H3,(H,18,19). The van der Waals surface area contributed by atoms with E-state index >= 15 is 0 Å². The Kier molecular flexibility index (Phi) is 4.14. The van der Waals surface area contributed by atoms with Crippen molar-refractivity contribution in [2.75, 3.05) is 13.1 Å². The van der Waals surface area contributed by atoms with Crippen molar-refractivity contribution in [2.45, 2.75) is 26.3 Å². The van der Waals surface area contributed by atoms with Crippen molar-refractivity contribution < 1.29 is 13.6 Å². The summed E-state index contributed by atoms with van der Waals surface area (Å²) < 4.78 is 26.7. The number of hydrogen-bond donors (Lipinski definition) is 2. The highest BCUT2D eigenvalue weighted by Gasteiger charge is 2.22. The van der Waals surface area contributed by atoms with Gasteiger partial charge in [-0.25, -0.2) is 8.78 Å². The summed E-state index contributed by atoms with van der Waals surface area (Å²) in [7, 11) is 0. The van der Waals surface area contributed by atoms with Gasteiger partial charge in [-0.15, -0.1) is 0 Å². The van der Waals surface area contributed by atoms with Crippen LogP contribution in [0.4, 0.5) is 8.78 Å². The molecule has 2 N–H and O–H groups in total. The summed E-state index contributed by atoms with van der Waals surface area (Å²) in [5.74, 6) is -1.47. The summed E-state index contributed by atoms with van der Waals surface area (Å²) in [5.41, 5.74) is 0.166. The van der Waals surface area contributed by atoms with Gasteiger partial charge in [0, 0.05) is 18.7 Å². The van der Waals surface area contributed by atoms with E-state index in [1.165, 1.54) is 13.0 Å². The number of benzene rings is 1. The van der Waals surface area contributed by atoms with E-state index < -0.39 is 17.5 Å². The van der Waals surface area contributed by atoms with E-state index in [4.69, 9.17) is 0 Å². The third-order valence-corrected chi connectivity index (χ3v) is 3.40. The van der Waals surface area contributed by atoms with Crippen LogP contribution >= 0.6 is 0 Å². The van der Waals surface area contributed by atoms with Crippen LogP contribution in [0.1, 0.15) is 29.3 Å². The second kappa shape index (κ2) is 5.65. The van der Waals surface area contributed by atoms with Gasteiger partial charge in [0.15, 0.2) is 0 Å². The molecule has 1 heterocycles. The summed E-state index contributed by atoms with van der Waals surface area (Å²) in [4.78, 5) is 12.0. The van der Waals surface area contributed by atoms with Gasteiger partial charge in [0.2, 0.25) is 0 Å². The van der Waals surface area contributed by atoms with Crippen LogP contribution in [0.15, 0.2) is 12.1 Å². The summed E-state index contributed by atoms with van der Waals surface area (Å²) in [5, 5.41) is 6.00. The highest BCUT2D eigenvalue weighted by Crippen LogP contribution is 2.15.